The molecule has 1 N–H and O–H groups in total. The Labute approximate surface area is 99.7 Å². The van der Waals surface area contributed by atoms with E-state index in [4.69, 9.17) is 4.42 Å². The first-order valence-corrected chi connectivity index (χ1v) is 5.56. The van der Waals surface area contributed by atoms with Crippen molar-refractivity contribution >= 4 is 0 Å². The standard InChI is InChI=1S/C13H15FN2O/c1-9-3-4-10(14)7-11(9)12-8-16-13(17-12)5-6-15-2/h3-4,7-8,15H,5-6H2,1-2H3. The minimum Gasteiger partial charge on any atom is -0.441 e. The Morgan fingerprint density at radius 1 is 1.41 bits per heavy atom. The SMILES string of the molecule is CNCCc1ncc(-c2cc(F)ccc2C)o1. The number of halogens is 1. The molecule has 2 aromatic rings. The monoisotopic (exact) mass is 234 g/mol. The van der Waals surface area contributed by atoms with E-state index in [1.54, 1.807) is 12.3 Å². The van der Waals surface area contributed by atoms with Crippen molar-refractivity contribution in [1.29, 1.82) is 0 Å². The maximum atomic E-state index is 13.2. The zero-order valence-electron chi connectivity index (χ0n) is 9.96. The molecule has 0 aliphatic rings. The zero-order chi connectivity index (χ0) is 12.3. The zero-order valence-corrected chi connectivity index (χ0v) is 9.96. The molecule has 0 amide bonds. The highest BCUT2D eigenvalue weighted by Crippen LogP contribution is 2.25. The molecule has 1 aromatic carbocycles. The van der Waals surface area contributed by atoms with Crippen LogP contribution in [0.2, 0.25) is 0 Å². The van der Waals surface area contributed by atoms with E-state index in [1.807, 2.05) is 14.0 Å². The summed E-state index contributed by atoms with van der Waals surface area (Å²) in [5.41, 5.74) is 1.73. The van der Waals surface area contributed by atoms with Crippen molar-refractivity contribution in [2.45, 2.75) is 13.3 Å². The lowest BCUT2D eigenvalue weighted by atomic mass is 10.1. The second-order valence-electron chi connectivity index (χ2n) is 3.93. The molecule has 4 heteroatoms. The van der Waals surface area contributed by atoms with Gasteiger partial charge in [-0.3, -0.25) is 0 Å². The third kappa shape index (κ3) is 2.71. The van der Waals surface area contributed by atoms with Crippen LogP contribution in [-0.4, -0.2) is 18.6 Å². The number of nitrogens with one attached hydrogen (secondary N) is 1. The summed E-state index contributed by atoms with van der Waals surface area (Å²) in [6, 6.07) is 4.65. The summed E-state index contributed by atoms with van der Waals surface area (Å²) >= 11 is 0. The van der Waals surface area contributed by atoms with Crippen LogP contribution >= 0.6 is 0 Å². The molecule has 0 atom stereocenters. The maximum Gasteiger partial charge on any atom is 0.196 e. The van der Waals surface area contributed by atoms with Gasteiger partial charge in [0.2, 0.25) is 0 Å². The first-order chi connectivity index (χ1) is 8.20. The molecular formula is C13H15FN2O. The number of aromatic nitrogens is 1. The summed E-state index contributed by atoms with van der Waals surface area (Å²) in [6.07, 6.45) is 2.37. The van der Waals surface area contributed by atoms with Crippen molar-refractivity contribution in [2.75, 3.05) is 13.6 Å². The van der Waals surface area contributed by atoms with Gasteiger partial charge in [-0.25, -0.2) is 9.37 Å². The van der Waals surface area contributed by atoms with Crippen LogP contribution in [0.15, 0.2) is 28.8 Å². The number of nitrogens with zero attached hydrogens (tertiary/aromatic N) is 1. The number of likely N-dealkylation sites (N-methyl/N-ethyl adjacent to an activating group) is 1. The molecule has 0 spiro atoms. The average Bonchev–Trinajstić information content (AvgIpc) is 2.78. The number of hydrogen-bond donors (Lipinski definition) is 1. The molecule has 0 aliphatic carbocycles. The van der Waals surface area contributed by atoms with E-state index in [2.05, 4.69) is 10.3 Å². The molecule has 17 heavy (non-hydrogen) atoms. The smallest absolute Gasteiger partial charge is 0.196 e. The lowest BCUT2D eigenvalue weighted by molar-refractivity contribution is 0.500. The minimum atomic E-state index is -0.265. The van der Waals surface area contributed by atoms with Crippen LogP contribution < -0.4 is 5.32 Å². The maximum absolute atomic E-state index is 13.2. The molecule has 0 saturated carbocycles. The van der Waals surface area contributed by atoms with Crippen molar-refractivity contribution in [1.82, 2.24) is 10.3 Å². The quantitative estimate of drug-likeness (QED) is 0.883. The average molecular weight is 234 g/mol. The summed E-state index contributed by atoms with van der Waals surface area (Å²) in [5.74, 6) is 1.02. The van der Waals surface area contributed by atoms with E-state index in [1.165, 1.54) is 12.1 Å². The molecular weight excluding hydrogens is 219 g/mol. The van der Waals surface area contributed by atoms with Crippen molar-refractivity contribution in [2.24, 2.45) is 0 Å². The van der Waals surface area contributed by atoms with Gasteiger partial charge in [0.15, 0.2) is 11.7 Å². The molecule has 90 valence electrons. The Morgan fingerprint density at radius 2 is 2.24 bits per heavy atom. The van der Waals surface area contributed by atoms with Crippen LogP contribution in [0.4, 0.5) is 4.39 Å². The minimum absolute atomic E-state index is 0.265. The molecule has 1 aromatic heterocycles. The third-order valence-electron chi connectivity index (χ3n) is 2.61. The van der Waals surface area contributed by atoms with Crippen molar-refractivity contribution < 1.29 is 8.81 Å². The van der Waals surface area contributed by atoms with E-state index in [0.717, 1.165) is 24.1 Å². The molecule has 3 nitrogen and oxygen atoms in total. The van der Waals surface area contributed by atoms with Gasteiger partial charge in [-0.2, -0.15) is 0 Å². The molecule has 2 rings (SSSR count). The van der Waals surface area contributed by atoms with Crippen LogP contribution in [-0.2, 0) is 6.42 Å². The summed E-state index contributed by atoms with van der Waals surface area (Å²) in [6.45, 7) is 2.73. The van der Waals surface area contributed by atoms with Crippen LogP contribution in [0.25, 0.3) is 11.3 Å². The molecule has 0 fully saturated rings. The summed E-state index contributed by atoms with van der Waals surface area (Å²) < 4.78 is 18.8. The number of benzene rings is 1. The fraction of sp³-hybridized carbons (Fsp3) is 0.308. The second-order valence-corrected chi connectivity index (χ2v) is 3.93. The van der Waals surface area contributed by atoms with Gasteiger partial charge in [-0.15, -0.1) is 0 Å². The molecule has 0 radical (unpaired) electrons. The van der Waals surface area contributed by atoms with E-state index < -0.39 is 0 Å². The van der Waals surface area contributed by atoms with Gasteiger partial charge in [-0.1, -0.05) is 6.07 Å². The van der Waals surface area contributed by atoms with Gasteiger partial charge in [0.1, 0.15) is 5.82 Å². The number of rotatable bonds is 4. The summed E-state index contributed by atoms with van der Waals surface area (Å²) in [5, 5.41) is 3.03. The van der Waals surface area contributed by atoms with Crippen LogP contribution in [0.1, 0.15) is 11.5 Å². The van der Waals surface area contributed by atoms with Crippen LogP contribution in [0.5, 0.6) is 0 Å². The third-order valence-corrected chi connectivity index (χ3v) is 2.61. The van der Waals surface area contributed by atoms with Crippen molar-refractivity contribution in [3.8, 4) is 11.3 Å². The van der Waals surface area contributed by atoms with Crippen molar-refractivity contribution in [3.63, 3.8) is 0 Å². The van der Waals surface area contributed by atoms with Gasteiger partial charge < -0.3 is 9.73 Å². The van der Waals surface area contributed by atoms with Crippen LogP contribution in [0.3, 0.4) is 0 Å². The first-order valence-electron chi connectivity index (χ1n) is 5.56. The normalized spacial score (nSPS) is 10.8. The Morgan fingerprint density at radius 3 is 3.00 bits per heavy atom. The van der Waals surface area contributed by atoms with Gasteiger partial charge >= 0.3 is 0 Å². The van der Waals surface area contributed by atoms with Gasteiger partial charge in [0.25, 0.3) is 0 Å². The van der Waals surface area contributed by atoms with Crippen molar-refractivity contribution in [3.05, 3.63) is 41.7 Å². The van der Waals surface area contributed by atoms with Gasteiger partial charge in [0.05, 0.1) is 6.20 Å². The highest BCUT2D eigenvalue weighted by molar-refractivity contribution is 5.61. The first kappa shape index (κ1) is 11.8. The van der Waals surface area contributed by atoms with E-state index in [0.29, 0.717) is 11.7 Å². The highest BCUT2D eigenvalue weighted by Gasteiger charge is 2.09. The fourth-order valence-electron chi connectivity index (χ4n) is 1.64. The van der Waals surface area contributed by atoms with Gasteiger partial charge in [-0.05, 0) is 31.7 Å². The number of oxazole rings is 1. The summed E-state index contributed by atoms with van der Waals surface area (Å²) in [4.78, 5) is 4.17. The van der Waals surface area contributed by atoms with E-state index in [-0.39, 0.29) is 5.82 Å². The molecule has 0 aliphatic heterocycles. The molecule has 0 bridgehead atoms. The van der Waals surface area contributed by atoms with Gasteiger partial charge in [0, 0.05) is 18.5 Å². The predicted octanol–water partition coefficient (Wildman–Crippen LogP) is 2.55. The van der Waals surface area contributed by atoms with E-state index in [9.17, 15) is 4.39 Å². The Kier molecular flexibility index (Phi) is 3.54. The molecule has 1 heterocycles. The molecule has 0 saturated heterocycles. The molecule has 0 unspecified atom stereocenters. The predicted molar refractivity (Wildman–Crippen MR) is 64.3 cm³/mol. The summed E-state index contributed by atoms with van der Waals surface area (Å²) in [7, 11) is 1.88. The van der Waals surface area contributed by atoms with E-state index >= 15 is 0 Å². The Hall–Kier alpha value is -1.68. The lowest BCUT2D eigenvalue weighted by Crippen LogP contribution is -2.10. The number of aryl methyl sites for hydroxylation is 1. The highest BCUT2D eigenvalue weighted by atomic mass is 19.1. The lowest BCUT2D eigenvalue weighted by Gasteiger charge is -2.01. The van der Waals surface area contributed by atoms with Crippen LogP contribution in [0, 0.1) is 12.7 Å². The fourth-order valence-corrected chi connectivity index (χ4v) is 1.64. The number of hydrogen-bond acceptors (Lipinski definition) is 3. The second kappa shape index (κ2) is 5.10. The topological polar surface area (TPSA) is 38.1 Å². The largest absolute Gasteiger partial charge is 0.441 e. The Balaban J connectivity index is 2.27. The Bertz CT molecular complexity index is 508.